The number of pyridine rings is 1. The van der Waals surface area contributed by atoms with Crippen molar-refractivity contribution in [3.8, 4) is 5.88 Å². The van der Waals surface area contributed by atoms with E-state index in [2.05, 4.69) is 10.3 Å². The second-order valence-corrected chi connectivity index (χ2v) is 8.72. The van der Waals surface area contributed by atoms with Crippen LogP contribution in [0.25, 0.3) is 0 Å². The maximum atomic E-state index is 12.6. The Morgan fingerprint density at radius 2 is 1.79 bits per heavy atom. The molecule has 0 fully saturated rings. The molecule has 0 unspecified atom stereocenters. The van der Waals surface area contributed by atoms with Crippen LogP contribution in [-0.2, 0) is 23.0 Å². The van der Waals surface area contributed by atoms with Crippen LogP contribution in [-0.4, -0.2) is 25.6 Å². The summed E-state index contributed by atoms with van der Waals surface area (Å²) < 4.78 is 29.2. The maximum absolute atomic E-state index is 12.6. The molecule has 0 radical (unpaired) electrons. The van der Waals surface area contributed by atoms with E-state index in [-0.39, 0.29) is 17.3 Å². The number of carbonyl (C=O) groups excluding carboxylic acids is 1. The van der Waals surface area contributed by atoms with Crippen LogP contribution in [0.1, 0.15) is 27.0 Å². The third-order valence-corrected chi connectivity index (χ3v) is 5.47. The smallest absolute Gasteiger partial charge is 0.251 e. The van der Waals surface area contributed by atoms with Gasteiger partial charge < -0.3 is 10.1 Å². The molecule has 0 aliphatic heterocycles. The van der Waals surface area contributed by atoms with Crippen LogP contribution >= 0.6 is 0 Å². The third kappa shape index (κ3) is 5.65. The minimum Gasteiger partial charge on any atom is -0.473 e. The lowest BCUT2D eigenvalue weighted by atomic mass is 10.1. The van der Waals surface area contributed by atoms with Crippen molar-refractivity contribution in [2.75, 3.05) is 6.26 Å². The van der Waals surface area contributed by atoms with Gasteiger partial charge in [0.25, 0.3) is 5.91 Å². The molecule has 6 nitrogen and oxygen atoms in total. The Labute approximate surface area is 170 Å². The first-order valence-corrected chi connectivity index (χ1v) is 10.9. The van der Waals surface area contributed by atoms with Gasteiger partial charge in [-0.05, 0) is 41.8 Å². The number of ether oxygens (including phenoxy) is 1. The van der Waals surface area contributed by atoms with Gasteiger partial charge in [-0.1, -0.05) is 36.4 Å². The molecule has 0 aliphatic rings. The lowest BCUT2D eigenvalue weighted by molar-refractivity contribution is 0.0950. The normalized spacial score (nSPS) is 11.1. The highest BCUT2D eigenvalue weighted by atomic mass is 32.2. The van der Waals surface area contributed by atoms with E-state index >= 15 is 0 Å². The fourth-order valence-corrected chi connectivity index (χ4v) is 3.37. The molecule has 0 bridgehead atoms. The molecule has 1 N–H and O–H groups in total. The molecule has 3 aromatic rings. The summed E-state index contributed by atoms with van der Waals surface area (Å²) in [5.41, 5.74) is 2.90. The van der Waals surface area contributed by atoms with Crippen LogP contribution in [0.15, 0.2) is 71.8 Å². The zero-order valence-electron chi connectivity index (χ0n) is 16.3. The SMILES string of the molecule is Cc1ccc(S(C)(=O)=O)cc1C(=O)NCc1ccnc(OCc2ccccc2)c1. The highest BCUT2D eigenvalue weighted by molar-refractivity contribution is 7.90. The largest absolute Gasteiger partial charge is 0.473 e. The molecular formula is C22H22N2O4S. The molecule has 29 heavy (non-hydrogen) atoms. The second-order valence-electron chi connectivity index (χ2n) is 6.71. The maximum Gasteiger partial charge on any atom is 0.251 e. The molecule has 0 atom stereocenters. The first-order chi connectivity index (χ1) is 13.8. The van der Waals surface area contributed by atoms with Crippen molar-refractivity contribution in [1.82, 2.24) is 10.3 Å². The summed E-state index contributed by atoms with van der Waals surface area (Å²) in [7, 11) is -3.38. The van der Waals surface area contributed by atoms with Crippen molar-refractivity contribution >= 4 is 15.7 Å². The van der Waals surface area contributed by atoms with E-state index in [0.717, 1.165) is 17.4 Å². The van der Waals surface area contributed by atoms with Gasteiger partial charge in [0.2, 0.25) is 5.88 Å². The van der Waals surface area contributed by atoms with Crippen molar-refractivity contribution in [3.63, 3.8) is 0 Å². The first kappa shape index (κ1) is 20.5. The molecule has 0 spiro atoms. The molecule has 1 heterocycles. The van der Waals surface area contributed by atoms with Gasteiger partial charge in [0, 0.05) is 30.6 Å². The van der Waals surface area contributed by atoms with E-state index in [1.807, 2.05) is 30.3 Å². The van der Waals surface area contributed by atoms with Crippen LogP contribution < -0.4 is 10.1 Å². The molecule has 1 amide bonds. The molecule has 0 aliphatic carbocycles. The van der Waals surface area contributed by atoms with E-state index in [1.54, 1.807) is 31.3 Å². The Hall–Kier alpha value is -3.19. The molecule has 150 valence electrons. The highest BCUT2D eigenvalue weighted by Crippen LogP contribution is 2.16. The Bertz CT molecular complexity index is 1110. The predicted octanol–water partition coefficient (Wildman–Crippen LogP) is 3.30. The lowest BCUT2D eigenvalue weighted by Gasteiger charge is -2.10. The van der Waals surface area contributed by atoms with Crippen LogP contribution in [0.4, 0.5) is 0 Å². The summed E-state index contributed by atoms with van der Waals surface area (Å²) in [6, 6.07) is 17.9. The Balaban J connectivity index is 1.65. The van der Waals surface area contributed by atoms with E-state index in [9.17, 15) is 13.2 Å². The summed E-state index contributed by atoms with van der Waals surface area (Å²) >= 11 is 0. The monoisotopic (exact) mass is 410 g/mol. The predicted molar refractivity (Wildman–Crippen MR) is 110 cm³/mol. The Kier molecular flexibility index (Phi) is 6.29. The van der Waals surface area contributed by atoms with Crippen LogP contribution in [0.3, 0.4) is 0 Å². The fraction of sp³-hybridized carbons (Fsp3) is 0.182. The van der Waals surface area contributed by atoms with Gasteiger partial charge >= 0.3 is 0 Å². The number of hydrogen-bond donors (Lipinski definition) is 1. The van der Waals surface area contributed by atoms with Crippen molar-refractivity contribution < 1.29 is 17.9 Å². The van der Waals surface area contributed by atoms with Crippen molar-refractivity contribution in [2.24, 2.45) is 0 Å². The van der Waals surface area contributed by atoms with Crippen LogP contribution in [0.5, 0.6) is 5.88 Å². The standard InChI is InChI=1S/C22H22N2O4S/c1-16-8-9-19(29(2,26)27)13-20(16)22(25)24-14-18-10-11-23-21(12-18)28-15-17-6-4-3-5-7-17/h3-13H,14-15H2,1-2H3,(H,24,25). The van der Waals surface area contributed by atoms with Crippen molar-refractivity contribution in [2.45, 2.75) is 25.0 Å². The lowest BCUT2D eigenvalue weighted by Crippen LogP contribution is -2.24. The minimum atomic E-state index is -3.38. The summed E-state index contributed by atoms with van der Waals surface area (Å²) in [5, 5.41) is 2.82. The number of carbonyl (C=O) groups is 1. The Morgan fingerprint density at radius 1 is 1.03 bits per heavy atom. The van der Waals surface area contributed by atoms with Crippen LogP contribution in [0, 0.1) is 6.92 Å². The van der Waals surface area contributed by atoms with Gasteiger partial charge in [-0.2, -0.15) is 0 Å². The number of amides is 1. The Morgan fingerprint density at radius 3 is 2.52 bits per heavy atom. The molecular weight excluding hydrogens is 388 g/mol. The molecule has 0 saturated heterocycles. The first-order valence-electron chi connectivity index (χ1n) is 9.03. The van der Waals surface area contributed by atoms with Gasteiger partial charge in [-0.3, -0.25) is 4.79 Å². The van der Waals surface area contributed by atoms with E-state index in [0.29, 0.717) is 23.6 Å². The molecule has 1 aromatic heterocycles. The number of hydrogen-bond acceptors (Lipinski definition) is 5. The van der Waals surface area contributed by atoms with Gasteiger partial charge in [0.15, 0.2) is 9.84 Å². The zero-order valence-corrected chi connectivity index (χ0v) is 17.1. The van der Waals surface area contributed by atoms with Gasteiger partial charge in [0.1, 0.15) is 6.61 Å². The number of aryl methyl sites for hydroxylation is 1. The zero-order chi connectivity index (χ0) is 20.9. The van der Waals surface area contributed by atoms with Gasteiger partial charge in [-0.15, -0.1) is 0 Å². The number of aromatic nitrogens is 1. The molecule has 7 heteroatoms. The topological polar surface area (TPSA) is 85.4 Å². The summed E-state index contributed by atoms with van der Waals surface area (Å²) in [4.78, 5) is 16.9. The van der Waals surface area contributed by atoms with Crippen molar-refractivity contribution in [3.05, 3.63) is 89.1 Å². The average molecular weight is 410 g/mol. The number of nitrogens with one attached hydrogen (secondary N) is 1. The minimum absolute atomic E-state index is 0.119. The van der Waals surface area contributed by atoms with E-state index < -0.39 is 9.84 Å². The van der Waals surface area contributed by atoms with E-state index in [1.165, 1.54) is 12.1 Å². The summed E-state index contributed by atoms with van der Waals surface area (Å²) in [5.74, 6) is 0.132. The van der Waals surface area contributed by atoms with Crippen molar-refractivity contribution in [1.29, 1.82) is 0 Å². The number of benzene rings is 2. The molecule has 0 saturated carbocycles. The second kappa shape index (κ2) is 8.87. The van der Waals surface area contributed by atoms with Gasteiger partial charge in [0.05, 0.1) is 4.90 Å². The number of nitrogens with zero attached hydrogens (tertiary/aromatic N) is 1. The van der Waals surface area contributed by atoms with Gasteiger partial charge in [-0.25, -0.2) is 13.4 Å². The molecule has 3 rings (SSSR count). The van der Waals surface area contributed by atoms with E-state index in [4.69, 9.17) is 4.74 Å². The van der Waals surface area contributed by atoms with Crippen LogP contribution in [0.2, 0.25) is 0 Å². The average Bonchev–Trinajstić information content (AvgIpc) is 2.71. The summed E-state index contributed by atoms with van der Waals surface area (Å²) in [6.45, 7) is 2.44. The molecule has 2 aromatic carbocycles. The third-order valence-electron chi connectivity index (χ3n) is 4.36. The quantitative estimate of drug-likeness (QED) is 0.646. The fourth-order valence-electron chi connectivity index (χ4n) is 2.72. The number of rotatable bonds is 7. The summed E-state index contributed by atoms with van der Waals surface area (Å²) in [6.07, 6.45) is 2.74. The number of sulfone groups is 1. The highest BCUT2D eigenvalue weighted by Gasteiger charge is 2.14.